The van der Waals surface area contributed by atoms with Crippen LogP contribution in [0.15, 0.2) is 36.5 Å². The van der Waals surface area contributed by atoms with Gasteiger partial charge in [-0.1, -0.05) is 24.3 Å². The molecule has 0 bridgehead atoms. The summed E-state index contributed by atoms with van der Waals surface area (Å²) in [7, 11) is 0. The van der Waals surface area contributed by atoms with Gasteiger partial charge >= 0.3 is 0 Å². The lowest BCUT2D eigenvalue weighted by Gasteiger charge is -2.09. The highest BCUT2D eigenvalue weighted by atomic mass is 15.2. The van der Waals surface area contributed by atoms with E-state index in [1.54, 1.807) is 6.07 Å². The summed E-state index contributed by atoms with van der Waals surface area (Å²) >= 11 is 0. The zero-order valence-corrected chi connectivity index (χ0v) is 9.80. The number of rotatable bonds is 4. The van der Waals surface area contributed by atoms with Crippen LogP contribution in [-0.4, -0.2) is 10.2 Å². The molecule has 0 saturated carbocycles. The van der Waals surface area contributed by atoms with Crippen molar-refractivity contribution in [2.75, 3.05) is 5.32 Å². The van der Waals surface area contributed by atoms with Crippen LogP contribution in [0.25, 0.3) is 0 Å². The topological polar surface area (TPSA) is 87.6 Å². The maximum Gasteiger partial charge on any atom is 0.166 e. The second kappa shape index (κ2) is 5.75. The van der Waals surface area contributed by atoms with Gasteiger partial charge in [0.15, 0.2) is 5.82 Å². The normalized spacial score (nSPS) is 9.78. The first-order chi connectivity index (χ1) is 8.85. The Balaban J connectivity index is 2.14. The molecule has 0 aliphatic carbocycles. The van der Waals surface area contributed by atoms with Gasteiger partial charge < -0.3 is 11.1 Å². The number of hydrogen-bond donors (Lipinski definition) is 2. The predicted molar refractivity (Wildman–Crippen MR) is 68.4 cm³/mol. The minimum absolute atomic E-state index is 0.482. The lowest BCUT2D eigenvalue weighted by atomic mass is 10.1. The molecule has 0 aliphatic heterocycles. The highest BCUT2D eigenvalue weighted by molar-refractivity contribution is 5.50. The molecule has 5 heteroatoms. The fraction of sp³-hybridized carbons (Fsp3) is 0.154. The Morgan fingerprint density at radius 3 is 2.72 bits per heavy atom. The second-order valence-corrected chi connectivity index (χ2v) is 3.73. The minimum Gasteiger partial charge on any atom is -0.363 e. The van der Waals surface area contributed by atoms with E-state index in [-0.39, 0.29) is 0 Å². The molecule has 5 nitrogen and oxygen atoms in total. The van der Waals surface area contributed by atoms with Gasteiger partial charge in [-0.3, -0.25) is 0 Å². The number of anilines is 1. The van der Waals surface area contributed by atoms with Crippen molar-refractivity contribution in [1.29, 1.82) is 5.26 Å². The van der Waals surface area contributed by atoms with E-state index >= 15 is 0 Å². The number of nitrogens with zero attached hydrogens (tertiary/aromatic N) is 3. The molecule has 1 heterocycles. The summed E-state index contributed by atoms with van der Waals surface area (Å²) in [5.41, 5.74) is 8.32. The molecule has 2 aromatic rings. The van der Waals surface area contributed by atoms with Crippen molar-refractivity contribution < 1.29 is 0 Å². The van der Waals surface area contributed by atoms with E-state index in [9.17, 15) is 0 Å². The third kappa shape index (κ3) is 2.62. The molecule has 0 fully saturated rings. The molecular weight excluding hydrogens is 226 g/mol. The number of benzene rings is 1. The van der Waals surface area contributed by atoms with Gasteiger partial charge in [-0.2, -0.15) is 10.4 Å². The summed E-state index contributed by atoms with van der Waals surface area (Å²) in [4.78, 5) is 0. The Labute approximate surface area is 105 Å². The minimum atomic E-state index is 0.482. The maximum absolute atomic E-state index is 8.94. The van der Waals surface area contributed by atoms with Crippen molar-refractivity contribution in [1.82, 2.24) is 10.2 Å². The fourth-order valence-corrected chi connectivity index (χ4v) is 1.66. The standard InChI is InChI=1S/C13H13N5/c14-7-10-3-1-2-4-12(10)9-16-13-11(8-15)5-6-17-18-13/h1-6H,7,9,14H2,(H,16,18). The smallest absolute Gasteiger partial charge is 0.166 e. The highest BCUT2D eigenvalue weighted by Gasteiger charge is 2.04. The van der Waals surface area contributed by atoms with Crippen molar-refractivity contribution in [2.24, 2.45) is 5.73 Å². The third-order valence-electron chi connectivity index (χ3n) is 2.63. The first kappa shape index (κ1) is 12.0. The van der Waals surface area contributed by atoms with Crippen molar-refractivity contribution in [3.63, 3.8) is 0 Å². The number of nitriles is 1. The molecule has 0 radical (unpaired) electrons. The van der Waals surface area contributed by atoms with Gasteiger partial charge in [-0.15, -0.1) is 5.10 Å². The van der Waals surface area contributed by atoms with Crippen molar-refractivity contribution >= 4 is 5.82 Å². The van der Waals surface area contributed by atoms with Crippen LogP contribution in [0.3, 0.4) is 0 Å². The largest absolute Gasteiger partial charge is 0.363 e. The van der Waals surface area contributed by atoms with Crippen LogP contribution in [0.2, 0.25) is 0 Å². The quantitative estimate of drug-likeness (QED) is 0.842. The number of aromatic nitrogens is 2. The third-order valence-corrected chi connectivity index (χ3v) is 2.63. The van der Waals surface area contributed by atoms with Crippen LogP contribution in [0.4, 0.5) is 5.82 Å². The summed E-state index contributed by atoms with van der Waals surface area (Å²) in [6.07, 6.45) is 1.50. The van der Waals surface area contributed by atoms with E-state index in [2.05, 4.69) is 21.6 Å². The molecule has 0 saturated heterocycles. The van der Waals surface area contributed by atoms with E-state index in [1.165, 1.54) is 6.20 Å². The zero-order valence-electron chi connectivity index (χ0n) is 9.80. The van der Waals surface area contributed by atoms with Crippen LogP contribution in [0.5, 0.6) is 0 Å². The van der Waals surface area contributed by atoms with Crippen LogP contribution in [0.1, 0.15) is 16.7 Å². The van der Waals surface area contributed by atoms with Crippen molar-refractivity contribution in [2.45, 2.75) is 13.1 Å². The van der Waals surface area contributed by atoms with Crippen LogP contribution in [0, 0.1) is 11.3 Å². The highest BCUT2D eigenvalue weighted by Crippen LogP contribution is 2.13. The Morgan fingerprint density at radius 1 is 1.22 bits per heavy atom. The monoisotopic (exact) mass is 239 g/mol. The maximum atomic E-state index is 8.94. The van der Waals surface area contributed by atoms with E-state index < -0.39 is 0 Å². The van der Waals surface area contributed by atoms with E-state index in [0.29, 0.717) is 24.5 Å². The molecular formula is C13H13N5. The van der Waals surface area contributed by atoms with Crippen molar-refractivity contribution in [3.8, 4) is 6.07 Å². The second-order valence-electron chi connectivity index (χ2n) is 3.73. The summed E-state index contributed by atoms with van der Waals surface area (Å²) in [5.74, 6) is 0.492. The molecule has 0 atom stereocenters. The number of hydrogen-bond acceptors (Lipinski definition) is 5. The van der Waals surface area contributed by atoms with Gasteiger partial charge in [0, 0.05) is 13.1 Å². The van der Waals surface area contributed by atoms with Crippen LogP contribution in [-0.2, 0) is 13.1 Å². The van der Waals surface area contributed by atoms with Gasteiger partial charge in [0.1, 0.15) is 6.07 Å². The average molecular weight is 239 g/mol. The molecule has 3 N–H and O–H groups in total. The van der Waals surface area contributed by atoms with Gasteiger partial charge in [-0.25, -0.2) is 0 Å². The number of nitrogens with two attached hydrogens (primary N) is 1. The van der Waals surface area contributed by atoms with Crippen LogP contribution < -0.4 is 11.1 Å². The molecule has 1 aromatic heterocycles. The molecule has 1 aromatic carbocycles. The lowest BCUT2D eigenvalue weighted by Crippen LogP contribution is -2.08. The Bertz CT molecular complexity index is 574. The summed E-state index contributed by atoms with van der Waals surface area (Å²) in [6.45, 7) is 1.06. The molecule has 2 rings (SSSR count). The van der Waals surface area contributed by atoms with Gasteiger partial charge in [0.05, 0.1) is 11.8 Å². The lowest BCUT2D eigenvalue weighted by molar-refractivity contribution is 0.970. The van der Waals surface area contributed by atoms with Gasteiger partial charge in [0.2, 0.25) is 0 Å². The van der Waals surface area contributed by atoms with Crippen LogP contribution >= 0.6 is 0 Å². The Hall–Kier alpha value is -2.45. The van der Waals surface area contributed by atoms with Gasteiger partial charge in [-0.05, 0) is 17.2 Å². The van der Waals surface area contributed by atoms with E-state index in [0.717, 1.165) is 11.1 Å². The fourth-order valence-electron chi connectivity index (χ4n) is 1.66. The summed E-state index contributed by atoms with van der Waals surface area (Å²) < 4.78 is 0. The molecule has 0 amide bonds. The summed E-state index contributed by atoms with van der Waals surface area (Å²) in [6, 6.07) is 11.6. The molecule has 18 heavy (non-hydrogen) atoms. The zero-order chi connectivity index (χ0) is 12.8. The Kier molecular flexibility index (Phi) is 3.84. The first-order valence-electron chi connectivity index (χ1n) is 5.57. The van der Waals surface area contributed by atoms with Crippen molar-refractivity contribution in [3.05, 3.63) is 53.2 Å². The molecule has 0 unspecified atom stereocenters. The summed E-state index contributed by atoms with van der Waals surface area (Å²) in [5, 5.41) is 19.7. The molecule has 0 aliphatic rings. The molecule has 90 valence electrons. The predicted octanol–water partition coefficient (Wildman–Crippen LogP) is 1.42. The first-order valence-corrected chi connectivity index (χ1v) is 5.57. The average Bonchev–Trinajstić information content (AvgIpc) is 2.45. The Morgan fingerprint density at radius 2 is 2.00 bits per heavy atom. The SMILES string of the molecule is N#Cc1ccnnc1NCc1ccccc1CN. The van der Waals surface area contributed by atoms with E-state index in [1.807, 2.05) is 24.3 Å². The van der Waals surface area contributed by atoms with Gasteiger partial charge in [0.25, 0.3) is 0 Å². The van der Waals surface area contributed by atoms with E-state index in [4.69, 9.17) is 11.0 Å². The number of nitrogens with one attached hydrogen (secondary N) is 1. The molecule has 0 spiro atoms.